The van der Waals surface area contributed by atoms with E-state index in [0.29, 0.717) is 15.7 Å². The summed E-state index contributed by atoms with van der Waals surface area (Å²) in [6.45, 7) is 7.98. The molecule has 0 radical (unpaired) electrons. The van der Waals surface area contributed by atoms with Crippen molar-refractivity contribution >= 4 is 22.4 Å². The summed E-state index contributed by atoms with van der Waals surface area (Å²) in [5.41, 5.74) is 6.13. The van der Waals surface area contributed by atoms with Crippen LogP contribution < -0.4 is 11.1 Å². The van der Waals surface area contributed by atoms with Crippen LogP contribution in [0.5, 0.6) is 0 Å². The second-order valence-electron chi connectivity index (χ2n) is 4.19. The van der Waals surface area contributed by atoms with E-state index in [9.17, 15) is 4.79 Å². The Bertz CT molecular complexity index is 383. The first-order chi connectivity index (χ1) is 7.41. The minimum Gasteiger partial charge on any atom is -0.375 e. The van der Waals surface area contributed by atoms with Crippen LogP contribution in [0.3, 0.4) is 0 Å². The lowest BCUT2D eigenvalue weighted by atomic mass is 9.95. The van der Waals surface area contributed by atoms with Gasteiger partial charge in [0.2, 0.25) is 0 Å². The average molecular weight is 241 g/mol. The number of anilines is 1. The molecule has 0 saturated carbocycles. The van der Waals surface area contributed by atoms with Gasteiger partial charge in [0.15, 0.2) is 5.13 Å². The third-order valence-electron chi connectivity index (χ3n) is 3.00. The molecule has 16 heavy (non-hydrogen) atoms. The second-order valence-corrected chi connectivity index (χ2v) is 5.22. The van der Waals surface area contributed by atoms with Crippen LogP contribution in [-0.2, 0) is 0 Å². The molecular formula is C11H19N3OS. The SMILES string of the molecule is CCC(C)(CC)NC(=O)c1sc(N)nc1C. The van der Waals surface area contributed by atoms with Gasteiger partial charge in [0.1, 0.15) is 4.88 Å². The molecule has 4 nitrogen and oxygen atoms in total. The van der Waals surface area contributed by atoms with Gasteiger partial charge in [-0.25, -0.2) is 4.98 Å². The summed E-state index contributed by atoms with van der Waals surface area (Å²) in [6, 6.07) is 0. The van der Waals surface area contributed by atoms with Crippen LogP contribution in [0, 0.1) is 6.92 Å². The molecule has 1 rings (SSSR count). The zero-order valence-electron chi connectivity index (χ0n) is 10.3. The zero-order valence-corrected chi connectivity index (χ0v) is 11.1. The third-order valence-corrected chi connectivity index (χ3v) is 3.98. The Morgan fingerprint density at radius 2 is 2.06 bits per heavy atom. The summed E-state index contributed by atoms with van der Waals surface area (Å²) in [4.78, 5) is 16.7. The van der Waals surface area contributed by atoms with Gasteiger partial charge in [-0.3, -0.25) is 4.79 Å². The van der Waals surface area contributed by atoms with E-state index in [1.807, 2.05) is 6.92 Å². The van der Waals surface area contributed by atoms with Crippen LogP contribution in [0.1, 0.15) is 49.0 Å². The Morgan fingerprint density at radius 3 is 2.44 bits per heavy atom. The lowest BCUT2D eigenvalue weighted by Crippen LogP contribution is -2.44. The summed E-state index contributed by atoms with van der Waals surface area (Å²) in [5, 5.41) is 3.48. The zero-order chi connectivity index (χ0) is 12.3. The summed E-state index contributed by atoms with van der Waals surface area (Å²) >= 11 is 1.24. The van der Waals surface area contributed by atoms with Crippen LogP contribution in [-0.4, -0.2) is 16.4 Å². The molecule has 3 N–H and O–H groups in total. The third kappa shape index (κ3) is 2.72. The Balaban J connectivity index is 2.84. The van der Waals surface area contributed by atoms with E-state index in [2.05, 4.69) is 24.1 Å². The van der Waals surface area contributed by atoms with Crippen molar-refractivity contribution in [3.05, 3.63) is 10.6 Å². The van der Waals surface area contributed by atoms with E-state index >= 15 is 0 Å². The highest BCUT2D eigenvalue weighted by molar-refractivity contribution is 7.17. The van der Waals surface area contributed by atoms with E-state index in [-0.39, 0.29) is 11.4 Å². The van der Waals surface area contributed by atoms with Crippen LogP contribution in [0.15, 0.2) is 0 Å². The summed E-state index contributed by atoms with van der Waals surface area (Å²) in [7, 11) is 0. The molecule has 0 aliphatic heterocycles. The van der Waals surface area contributed by atoms with E-state index in [1.165, 1.54) is 11.3 Å². The summed E-state index contributed by atoms with van der Waals surface area (Å²) in [5.74, 6) is -0.0714. The van der Waals surface area contributed by atoms with Gasteiger partial charge in [-0.15, -0.1) is 0 Å². The summed E-state index contributed by atoms with van der Waals surface area (Å²) < 4.78 is 0. The largest absolute Gasteiger partial charge is 0.375 e. The molecule has 0 unspecified atom stereocenters. The minimum absolute atomic E-state index is 0.0714. The number of nitrogens with zero attached hydrogens (tertiary/aromatic N) is 1. The van der Waals surface area contributed by atoms with E-state index in [0.717, 1.165) is 12.8 Å². The number of thiazole rings is 1. The highest BCUT2D eigenvalue weighted by Crippen LogP contribution is 2.21. The average Bonchev–Trinajstić information content (AvgIpc) is 2.57. The molecule has 5 heteroatoms. The standard InChI is InChI=1S/C11H19N3OS/c1-5-11(4,6-2)14-9(15)8-7(3)13-10(12)16-8/h5-6H2,1-4H3,(H2,12,13)(H,14,15). The van der Waals surface area contributed by atoms with Crippen molar-refractivity contribution in [1.82, 2.24) is 10.3 Å². The van der Waals surface area contributed by atoms with Crippen LogP contribution in [0.4, 0.5) is 5.13 Å². The first-order valence-corrected chi connectivity index (χ1v) is 6.29. The van der Waals surface area contributed by atoms with Gasteiger partial charge in [0.05, 0.1) is 5.69 Å². The lowest BCUT2D eigenvalue weighted by molar-refractivity contribution is 0.0904. The van der Waals surface area contributed by atoms with Crippen LogP contribution >= 0.6 is 11.3 Å². The maximum atomic E-state index is 12.0. The number of rotatable bonds is 4. The first kappa shape index (κ1) is 13.0. The predicted molar refractivity (Wildman–Crippen MR) is 67.7 cm³/mol. The normalized spacial score (nSPS) is 11.5. The van der Waals surface area contributed by atoms with Crippen molar-refractivity contribution in [2.75, 3.05) is 5.73 Å². The number of carbonyl (C=O) groups excluding carboxylic acids is 1. The Labute approximate surface area is 100 Å². The molecule has 0 aromatic carbocycles. The molecule has 1 amide bonds. The first-order valence-electron chi connectivity index (χ1n) is 5.47. The molecule has 0 atom stereocenters. The monoisotopic (exact) mass is 241 g/mol. The van der Waals surface area contributed by atoms with Crippen molar-refractivity contribution in [1.29, 1.82) is 0 Å². The van der Waals surface area contributed by atoms with Crippen molar-refractivity contribution < 1.29 is 4.79 Å². The highest BCUT2D eigenvalue weighted by Gasteiger charge is 2.24. The smallest absolute Gasteiger partial charge is 0.263 e. The fraction of sp³-hybridized carbons (Fsp3) is 0.636. The Kier molecular flexibility index (Phi) is 3.91. The van der Waals surface area contributed by atoms with Crippen molar-refractivity contribution in [3.8, 4) is 0 Å². The van der Waals surface area contributed by atoms with E-state index in [1.54, 1.807) is 6.92 Å². The van der Waals surface area contributed by atoms with Crippen molar-refractivity contribution in [2.45, 2.75) is 46.1 Å². The summed E-state index contributed by atoms with van der Waals surface area (Å²) in [6.07, 6.45) is 1.81. The van der Waals surface area contributed by atoms with Crippen molar-refractivity contribution in [3.63, 3.8) is 0 Å². The maximum Gasteiger partial charge on any atom is 0.263 e. The number of nitrogen functional groups attached to an aromatic ring is 1. The number of carbonyl (C=O) groups is 1. The van der Waals surface area contributed by atoms with Gasteiger partial charge < -0.3 is 11.1 Å². The van der Waals surface area contributed by atoms with E-state index < -0.39 is 0 Å². The van der Waals surface area contributed by atoms with Gasteiger partial charge in [-0.2, -0.15) is 0 Å². The van der Waals surface area contributed by atoms with Crippen LogP contribution in [0.25, 0.3) is 0 Å². The number of amides is 1. The van der Waals surface area contributed by atoms with Crippen LogP contribution in [0.2, 0.25) is 0 Å². The number of nitrogens with one attached hydrogen (secondary N) is 1. The van der Waals surface area contributed by atoms with Gasteiger partial charge in [-0.05, 0) is 26.7 Å². The fourth-order valence-corrected chi connectivity index (χ4v) is 2.11. The number of aromatic nitrogens is 1. The molecule has 0 spiro atoms. The molecule has 0 aliphatic rings. The molecule has 1 heterocycles. The molecule has 0 saturated heterocycles. The Morgan fingerprint density at radius 1 is 1.50 bits per heavy atom. The fourth-order valence-electron chi connectivity index (χ4n) is 1.39. The number of hydrogen-bond donors (Lipinski definition) is 2. The molecule has 1 aromatic rings. The lowest BCUT2D eigenvalue weighted by Gasteiger charge is -2.27. The molecule has 1 aromatic heterocycles. The quantitative estimate of drug-likeness (QED) is 0.850. The van der Waals surface area contributed by atoms with Gasteiger partial charge in [-0.1, -0.05) is 25.2 Å². The molecule has 0 fully saturated rings. The number of aryl methyl sites for hydroxylation is 1. The predicted octanol–water partition coefficient (Wildman–Crippen LogP) is 2.34. The molecule has 0 aliphatic carbocycles. The van der Waals surface area contributed by atoms with Gasteiger partial charge in [0, 0.05) is 5.54 Å². The van der Waals surface area contributed by atoms with Crippen molar-refractivity contribution in [2.24, 2.45) is 0 Å². The van der Waals surface area contributed by atoms with E-state index in [4.69, 9.17) is 5.73 Å². The molecule has 0 bridgehead atoms. The second kappa shape index (κ2) is 4.82. The Hall–Kier alpha value is -1.10. The highest BCUT2D eigenvalue weighted by atomic mass is 32.1. The number of hydrogen-bond acceptors (Lipinski definition) is 4. The van der Waals surface area contributed by atoms with Gasteiger partial charge in [0.25, 0.3) is 5.91 Å². The molecular weight excluding hydrogens is 222 g/mol. The molecule has 90 valence electrons. The topological polar surface area (TPSA) is 68.0 Å². The number of nitrogens with two attached hydrogens (primary N) is 1. The maximum absolute atomic E-state index is 12.0. The van der Waals surface area contributed by atoms with Gasteiger partial charge >= 0.3 is 0 Å². The minimum atomic E-state index is -0.151.